The molecule has 0 aromatic carbocycles. The van der Waals surface area contributed by atoms with Gasteiger partial charge in [-0.1, -0.05) is 20.3 Å². The average molecular weight is 143 g/mol. The lowest BCUT2D eigenvalue weighted by Gasteiger charge is -2.08. The van der Waals surface area contributed by atoms with E-state index in [9.17, 15) is 0 Å². The molecular formula is C7H17N3. The number of guanidine groups is 1. The Kier molecular flexibility index (Phi) is 5.92. The Morgan fingerprint density at radius 3 is 2.40 bits per heavy atom. The summed E-state index contributed by atoms with van der Waals surface area (Å²) >= 11 is 0. The number of hydrogen-bond donors (Lipinski definition) is 2. The normalized spacial score (nSPS) is 16.0. The van der Waals surface area contributed by atoms with E-state index >= 15 is 0 Å². The largest absolute Gasteiger partial charge is 0.370 e. The van der Waals surface area contributed by atoms with Gasteiger partial charge in [-0.25, -0.2) is 0 Å². The second-order valence-corrected chi connectivity index (χ2v) is 2.25. The monoisotopic (exact) mass is 143 g/mol. The number of rotatable bonds is 0. The Morgan fingerprint density at radius 1 is 1.60 bits per heavy atom. The molecule has 0 amide bonds. The van der Waals surface area contributed by atoms with Gasteiger partial charge in [-0.3, -0.25) is 4.99 Å². The summed E-state index contributed by atoms with van der Waals surface area (Å²) in [5.74, 6) is 0.589. The summed E-state index contributed by atoms with van der Waals surface area (Å²) in [6.45, 7) is 6.12. The van der Waals surface area contributed by atoms with Crippen molar-refractivity contribution in [3.63, 3.8) is 0 Å². The van der Waals surface area contributed by atoms with Crippen LogP contribution in [0.3, 0.4) is 0 Å². The number of nitrogens with zero attached hydrogens (tertiary/aromatic N) is 1. The van der Waals surface area contributed by atoms with Gasteiger partial charge in [0.2, 0.25) is 0 Å². The van der Waals surface area contributed by atoms with Crippen LogP contribution in [0.2, 0.25) is 0 Å². The van der Waals surface area contributed by atoms with Crippen molar-refractivity contribution in [2.45, 2.75) is 26.7 Å². The molecule has 0 bridgehead atoms. The van der Waals surface area contributed by atoms with E-state index in [1.165, 1.54) is 6.42 Å². The van der Waals surface area contributed by atoms with Gasteiger partial charge in [0.05, 0.1) is 0 Å². The molecule has 0 unspecified atom stereocenters. The average Bonchev–Trinajstić information content (AvgIpc) is 1.91. The maximum atomic E-state index is 5.27. The summed E-state index contributed by atoms with van der Waals surface area (Å²) in [5, 5.41) is 2.91. The van der Waals surface area contributed by atoms with Gasteiger partial charge in [0, 0.05) is 13.1 Å². The minimum Gasteiger partial charge on any atom is -0.370 e. The van der Waals surface area contributed by atoms with E-state index in [-0.39, 0.29) is 0 Å². The van der Waals surface area contributed by atoms with Crippen molar-refractivity contribution in [3.05, 3.63) is 0 Å². The van der Waals surface area contributed by atoms with Crippen LogP contribution in [0.5, 0.6) is 0 Å². The summed E-state index contributed by atoms with van der Waals surface area (Å²) in [7, 11) is 0. The summed E-state index contributed by atoms with van der Waals surface area (Å²) < 4.78 is 0. The standard InChI is InChI=1S/C4H9N3.C3H8/c5-4-6-2-1-3-7-4;1-3-2/h1-3H2,(H3,5,6,7);3H2,1-2H3. The van der Waals surface area contributed by atoms with E-state index in [1.807, 2.05) is 0 Å². The zero-order chi connectivity index (χ0) is 7.82. The van der Waals surface area contributed by atoms with Crippen LogP contribution in [-0.2, 0) is 0 Å². The molecule has 0 saturated heterocycles. The molecule has 0 aromatic heterocycles. The van der Waals surface area contributed by atoms with Crippen LogP contribution in [0.4, 0.5) is 0 Å². The molecule has 3 N–H and O–H groups in total. The fourth-order valence-electron chi connectivity index (χ4n) is 0.551. The minimum absolute atomic E-state index is 0.589. The van der Waals surface area contributed by atoms with Crippen LogP contribution < -0.4 is 11.1 Å². The lowest BCUT2D eigenvalue weighted by molar-refractivity contribution is 0.736. The van der Waals surface area contributed by atoms with Gasteiger partial charge in [-0.2, -0.15) is 0 Å². The van der Waals surface area contributed by atoms with E-state index in [0.29, 0.717) is 5.96 Å². The van der Waals surface area contributed by atoms with Gasteiger partial charge < -0.3 is 11.1 Å². The molecule has 3 heteroatoms. The van der Waals surface area contributed by atoms with E-state index in [0.717, 1.165) is 19.5 Å². The molecule has 1 rings (SSSR count). The highest BCUT2D eigenvalue weighted by atomic mass is 15.1. The van der Waals surface area contributed by atoms with Crippen molar-refractivity contribution in [1.29, 1.82) is 0 Å². The van der Waals surface area contributed by atoms with Crippen LogP contribution in [0.1, 0.15) is 26.7 Å². The van der Waals surface area contributed by atoms with Gasteiger partial charge in [-0.05, 0) is 6.42 Å². The van der Waals surface area contributed by atoms with Crippen LogP contribution in [0.15, 0.2) is 4.99 Å². The second kappa shape index (κ2) is 6.39. The molecule has 0 atom stereocenters. The Bertz CT molecular complexity index is 99.0. The summed E-state index contributed by atoms with van der Waals surface area (Å²) in [6, 6.07) is 0. The fourth-order valence-corrected chi connectivity index (χ4v) is 0.551. The molecule has 0 aromatic rings. The fraction of sp³-hybridized carbons (Fsp3) is 0.857. The van der Waals surface area contributed by atoms with Gasteiger partial charge in [-0.15, -0.1) is 0 Å². The quantitative estimate of drug-likeness (QED) is 0.524. The third-order valence-electron chi connectivity index (χ3n) is 0.923. The van der Waals surface area contributed by atoms with E-state index < -0.39 is 0 Å². The molecular weight excluding hydrogens is 126 g/mol. The minimum atomic E-state index is 0.589. The highest BCUT2D eigenvalue weighted by Crippen LogP contribution is 1.83. The third kappa shape index (κ3) is 5.41. The van der Waals surface area contributed by atoms with E-state index in [4.69, 9.17) is 5.73 Å². The summed E-state index contributed by atoms with van der Waals surface area (Å²) in [6.07, 6.45) is 2.36. The van der Waals surface area contributed by atoms with E-state index in [1.54, 1.807) is 0 Å². The summed E-state index contributed by atoms with van der Waals surface area (Å²) in [4.78, 5) is 3.91. The van der Waals surface area contributed by atoms with E-state index in [2.05, 4.69) is 24.2 Å². The third-order valence-corrected chi connectivity index (χ3v) is 0.923. The number of nitrogens with two attached hydrogens (primary N) is 1. The van der Waals surface area contributed by atoms with Crippen LogP contribution >= 0.6 is 0 Å². The van der Waals surface area contributed by atoms with Crippen molar-refractivity contribution in [3.8, 4) is 0 Å². The highest BCUT2D eigenvalue weighted by molar-refractivity contribution is 5.78. The second-order valence-electron chi connectivity index (χ2n) is 2.25. The Balaban J connectivity index is 0.000000236. The Morgan fingerprint density at radius 2 is 2.20 bits per heavy atom. The van der Waals surface area contributed by atoms with Crippen LogP contribution in [0.25, 0.3) is 0 Å². The predicted molar refractivity (Wildman–Crippen MR) is 45.1 cm³/mol. The topological polar surface area (TPSA) is 50.4 Å². The molecule has 0 radical (unpaired) electrons. The Labute approximate surface area is 62.7 Å². The number of hydrogen-bond acceptors (Lipinski definition) is 3. The lowest BCUT2D eigenvalue weighted by Crippen LogP contribution is -2.35. The highest BCUT2D eigenvalue weighted by Gasteiger charge is 1.94. The smallest absolute Gasteiger partial charge is 0.188 e. The van der Waals surface area contributed by atoms with Crippen molar-refractivity contribution in [2.24, 2.45) is 10.7 Å². The first kappa shape index (κ1) is 9.27. The first-order valence-corrected chi connectivity index (χ1v) is 3.85. The first-order valence-electron chi connectivity index (χ1n) is 3.85. The molecule has 3 nitrogen and oxygen atoms in total. The molecule has 60 valence electrons. The lowest BCUT2D eigenvalue weighted by atomic mass is 10.4. The molecule has 1 aliphatic heterocycles. The van der Waals surface area contributed by atoms with Gasteiger partial charge >= 0.3 is 0 Å². The summed E-state index contributed by atoms with van der Waals surface area (Å²) in [5.41, 5.74) is 5.27. The number of aliphatic imine (C=N–C) groups is 1. The molecule has 0 fully saturated rings. The van der Waals surface area contributed by atoms with Crippen molar-refractivity contribution in [1.82, 2.24) is 5.32 Å². The maximum absolute atomic E-state index is 5.27. The maximum Gasteiger partial charge on any atom is 0.188 e. The molecule has 0 spiro atoms. The van der Waals surface area contributed by atoms with Crippen molar-refractivity contribution in [2.75, 3.05) is 13.1 Å². The SMILES string of the molecule is CCC.NC1=NCCCN1. The molecule has 0 saturated carbocycles. The van der Waals surface area contributed by atoms with Gasteiger partial charge in [0.25, 0.3) is 0 Å². The molecule has 1 aliphatic rings. The van der Waals surface area contributed by atoms with Gasteiger partial charge in [0.15, 0.2) is 5.96 Å². The first-order chi connectivity index (χ1) is 4.81. The zero-order valence-electron chi connectivity index (χ0n) is 6.85. The zero-order valence-corrected chi connectivity index (χ0v) is 6.85. The number of nitrogens with one attached hydrogen (secondary N) is 1. The molecule has 10 heavy (non-hydrogen) atoms. The Hall–Kier alpha value is -0.730. The van der Waals surface area contributed by atoms with Crippen LogP contribution in [-0.4, -0.2) is 19.0 Å². The van der Waals surface area contributed by atoms with Crippen molar-refractivity contribution < 1.29 is 0 Å². The van der Waals surface area contributed by atoms with Crippen molar-refractivity contribution >= 4 is 5.96 Å². The molecule has 0 aliphatic carbocycles. The molecule has 1 heterocycles. The predicted octanol–water partition coefficient (Wildman–Crippen LogP) is 0.711. The van der Waals surface area contributed by atoms with Crippen LogP contribution in [0, 0.1) is 0 Å². The van der Waals surface area contributed by atoms with Gasteiger partial charge in [0.1, 0.15) is 0 Å².